The summed E-state index contributed by atoms with van der Waals surface area (Å²) in [5, 5.41) is 0. The molecule has 2 heterocycles. The molecule has 0 unspecified atom stereocenters. The Morgan fingerprint density at radius 1 is 0.722 bits per heavy atom. The third kappa shape index (κ3) is 6.64. The Morgan fingerprint density at radius 2 is 1.11 bits per heavy atom. The highest BCUT2D eigenvalue weighted by atomic mass is 33.1. The lowest BCUT2D eigenvalue weighted by atomic mass is 10.2. The van der Waals surface area contributed by atoms with E-state index in [0.717, 1.165) is 11.1 Å². The number of carbonyl (C=O) groups is 4. The molecule has 36 heavy (non-hydrogen) atoms. The largest absolute Gasteiger partial charge is 0.444 e. The molecular formula is C24H24N2O8S2. The van der Waals surface area contributed by atoms with Crippen LogP contribution < -0.4 is 0 Å². The second kappa shape index (κ2) is 12.5. The van der Waals surface area contributed by atoms with Crippen LogP contribution in [0.1, 0.15) is 11.1 Å². The molecule has 2 saturated heterocycles. The second-order valence-corrected chi connectivity index (χ2v) is 10.4. The van der Waals surface area contributed by atoms with E-state index in [1.807, 2.05) is 60.7 Å². The zero-order valence-electron chi connectivity index (χ0n) is 19.1. The molecule has 4 rings (SSSR count). The number of hydrogen-bond acceptors (Lipinski definition) is 10. The maximum Gasteiger partial charge on any atom is 0.413 e. The summed E-state index contributed by atoms with van der Waals surface area (Å²) < 4.78 is 20.7. The van der Waals surface area contributed by atoms with Crippen molar-refractivity contribution >= 4 is 45.7 Å². The summed E-state index contributed by atoms with van der Waals surface area (Å²) in [6.45, 7) is -0.200. The number of benzene rings is 2. The van der Waals surface area contributed by atoms with Gasteiger partial charge in [0.1, 0.15) is 25.3 Å². The third-order valence-corrected chi connectivity index (χ3v) is 7.79. The van der Waals surface area contributed by atoms with Gasteiger partial charge in [-0.1, -0.05) is 82.3 Å². The van der Waals surface area contributed by atoms with E-state index in [1.165, 1.54) is 31.4 Å². The van der Waals surface area contributed by atoms with Crippen molar-refractivity contribution in [1.82, 2.24) is 9.80 Å². The average molecular weight is 533 g/mol. The standard InChI is InChI=1S/C24H24N2O8S2/c27-21-19(25(15-33-21)23(29)31-11-17-7-3-1-4-8-17)13-35-36-14-20-22(28)34-16-26(20)24(30)32-12-18-9-5-2-6-10-18/h1-10,19-20H,11-16H2/t19-,20-/m0/s1. The number of carbonyl (C=O) groups excluding carboxylic acids is 4. The fourth-order valence-corrected chi connectivity index (χ4v) is 5.83. The molecule has 2 aromatic rings. The lowest BCUT2D eigenvalue weighted by Gasteiger charge is -2.21. The Bertz CT molecular complexity index is 987. The number of cyclic esters (lactones) is 2. The summed E-state index contributed by atoms with van der Waals surface area (Å²) in [6, 6.07) is 16.8. The third-order valence-electron chi connectivity index (χ3n) is 5.40. The monoisotopic (exact) mass is 532 g/mol. The van der Waals surface area contributed by atoms with Crippen molar-refractivity contribution in [3.8, 4) is 0 Å². The summed E-state index contributed by atoms with van der Waals surface area (Å²) in [7, 11) is 2.57. The molecule has 2 aromatic carbocycles. The van der Waals surface area contributed by atoms with Crippen molar-refractivity contribution in [2.75, 3.05) is 25.0 Å². The van der Waals surface area contributed by atoms with Crippen molar-refractivity contribution in [2.24, 2.45) is 0 Å². The highest BCUT2D eigenvalue weighted by molar-refractivity contribution is 8.76. The number of ether oxygens (including phenoxy) is 4. The molecule has 0 saturated carbocycles. The zero-order valence-corrected chi connectivity index (χ0v) is 20.8. The minimum atomic E-state index is -0.812. The predicted molar refractivity (Wildman–Crippen MR) is 131 cm³/mol. The highest BCUT2D eigenvalue weighted by Gasteiger charge is 2.41. The summed E-state index contributed by atoms with van der Waals surface area (Å²) in [5.74, 6) is -0.591. The van der Waals surface area contributed by atoms with Gasteiger partial charge >= 0.3 is 24.1 Å². The average Bonchev–Trinajstić information content (AvgIpc) is 3.46. The molecule has 2 fully saturated rings. The zero-order chi connectivity index (χ0) is 25.3. The van der Waals surface area contributed by atoms with E-state index in [9.17, 15) is 19.2 Å². The molecule has 2 amide bonds. The van der Waals surface area contributed by atoms with Gasteiger partial charge < -0.3 is 18.9 Å². The van der Waals surface area contributed by atoms with Gasteiger partial charge in [-0.05, 0) is 11.1 Å². The topological polar surface area (TPSA) is 112 Å². The molecule has 12 heteroatoms. The molecule has 2 atom stereocenters. The van der Waals surface area contributed by atoms with Crippen LogP contribution >= 0.6 is 21.6 Å². The Hall–Kier alpha value is -3.38. The predicted octanol–water partition coefficient (Wildman–Crippen LogP) is 3.41. The van der Waals surface area contributed by atoms with E-state index >= 15 is 0 Å². The van der Waals surface area contributed by atoms with Crippen LogP contribution in [0.4, 0.5) is 9.59 Å². The van der Waals surface area contributed by atoms with E-state index in [0.29, 0.717) is 0 Å². The van der Waals surface area contributed by atoms with Crippen LogP contribution in [0.25, 0.3) is 0 Å². The normalized spacial score (nSPS) is 19.1. The van der Waals surface area contributed by atoms with Gasteiger partial charge in [-0.3, -0.25) is 9.80 Å². The summed E-state index contributed by atoms with van der Waals surface area (Å²) >= 11 is 0. The van der Waals surface area contributed by atoms with Crippen molar-refractivity contribution in [3.05, 3.63) is 71.8 Å². The molecule has 0 aliphatic carbocycles. The Kier molecular flexibility index (Phi) is 8.95. The summed E-state index contributed by atoms with van der Waals surface area (Å²) in [4.78, 5) is 51.7. The van der Waals surface area contributed by atoms with Gasteiger partial charge in [0.15, 0.2) is 13.5 Å². The molecule has 0 radical (unpaired) electrons. The van der Waals surface area contributed by atoms with Crippen molar-refractivity contribution in [2.45, 2.75) is 25.3 Å². The first-order chi connectivity index (χ1) is 17.5. The number of rotatable bonds is 9. The Morgan fingerprint density at radius 3 is 1.50 bits per heavy atom. The maximum absolute atomic E-state index is 12.5. The van der Waals surface area contributed by atoms with Gasteiger partial charge in [0, 0.05) is 11.5 Å². The first kappa shape index (κ1) is 25.7. The molecule has 2 aliphatic rings. The van der Waals surface area contributed by atoms with Crippen molar-refractivity contribution in [3.63, 3.8) is 0 Å². The molecule has 0 N–H and O–H groups in total. The van der Waals surface area contributed by atoms with Crippen molar-refractivity contribution in [1.29, 1.82) is 0 Å². The smallest absolute Gasteiger partial charge is 0.413 e. The highest BCUT2D eigenvalue weighted by Crippen LogP contribution is 2.29. The van der Waals surface area contributed by atoms with Crippen LogP contribution in [0.3, 0.4) is 0 Å². The van der Waals surface area contributed by atoms with Gasteiger partial charge in [0.2, 0.25) is 0 Å². The van der Waals surface area contributed by atoms with Crippen LogP contribution in [-0.4, -0.2) is 71.0 Å². The number of amides is 2. The molecule has 2 aliphatic heterocycles. The SMILES string of the molecule is O=C1OCN(C(=O)OCc2ccccc2)[C@H]1CSSC[C@H]1C(=O)OCN1C(=O)OCc1ccccc1. The van der Waals surface area contributed by atoms with E-state index in [4.69, 9.17) is 18.9 Å². The lowest BCUT2D eigenvalue weighted by Crippen LogP contribution is -2.40. The van der Waals surface area contributed by atoms with E-state index < -0.39 is 36.2 Å². The first-order valence-electron chi connectivity index (χ1n) is 11.1. The van der Waals surface area contributed by atoms with Gasteiger partial charge in [-0.25, -0.2) is 19.2 Å². The number of hydrogen-bond donors (Lipinski definition) is 0. The molecular weight excluding hydrogens is 508 g/mol. The maximum atomic E-state index is 12.5. The van der Waals surface area contributed by atoms with Gasteiger partial charge in [0.05, 0.1) is 0 Å². The fraction of sp³-hybridized carbons (Fsp3) is 0.333. The number of nitrogens with zero attached hydrogens (tertiary/aromatic N) is 2. The minimum Gasteiger partial charge on any atom is -0.444 e. The minimum absolute atomic E-state index is 0.0823. The fourth-order valence-electron chi connectivity index (χ4n) is 3.40. The van der Waals surface area contributed by atoms with Gasteiger partial charge in [-0.15, -0.1) is 0 Å². The Balaban J connectivity index is 1.22. The molecule has 0 spiro atoms. The molecule has 0 bridgehead atoms. The summed E-state index contributed by atoms with van der Waals surface area (Å²) in [5.41, 5.74) is 1.66. The molecule has 190 valence electrons. The lowest BCUT2D eigenvalue weighted by molar-refractivity contribution is -0.139. The first-order valence-corrected chi connectivity index (χ1v) is 13.5. The van der Waals surface area contributed by atoms with Crippen LogP contribution in [0.15, 0.2) is 60.7 Å². The van der Waals surface area contributed by atoms with E-state index in [2.05, 4.69) is 0 Å². The second-order valence-electron chi connectivity index (χ2n) is 7.81. The van der Waals surface area contributed by atoms with Gasteiger partial charge in [0.25, 0.3) is 0 Å². The van der Waals surface area contributed by atoms with Gasteiger partial charge in [-0.2, -0.15) is 0 Å². The Labute approximate surface area is 215 Å². The van der Waals surface area contributed by atoms with E-state index in [1.54, 1.807) is 0 Å². The van der Waals surface area contributed by atoms with Crippen LogP contribution in [0.5, 0.6) is 0 Å². The number of esters is 2. The van der Waals surface area contributed by atoms with E-state index in [-0.39, 0.29) is 38.2 Å². The van der Waals surface area contributed by atoms with Crippen molar-refractivity contribution < 1.29 is 38.1 Å². The van der Waals surface area contributed by atoms with Crippen LogP contribution in [-0.2, 0) is 41.8 Å². The molecule has 0 aromatic heterocycles. The molecule has 10 nitrogen and oxygen atoms in total. The summed E-state index contributed by atoms with van der Waals surface area (Å²) in [6.07, 6.45) is -1.29. The van der Waals surface area contributed by atoms with Crippen LogP contribution in [0.2, 0.25) is 0 Å². The quantitative estimate of drug-likeness (QED) is 0.206. The van der Waals surface area contributed by atoms with Crippen LogP contribution in [0, 0.1) is 0 Å².